The van der Waals surface area contributed by atoms with Crippen LogP contribution in [0.3, 0.4) is 0 Å². The van der Waals surface area contributed by atoms with Crippen molar-refractivity contribution in [2.75, 3.05) is 0 Å². The SMILES string of the molecule is CCCc1[nH]c(Cc2cccc(Cl)c2)nc(=S)c1Br. The number of rotatable bonds is 4. The van der Waals surface area contributed by atoms with Crippen molar-refractivity contribution < 1.29 is 0 Å². The fourth-order valence-corrected chi connectivity index (χ4v) is 2.74. The first-order valence-electron chi connectivity index (χ1n) is 6.12. The van der Waals surface area contributed by atoms with Crippen molar-refractivity contribution in [1.29, 1.82) is 0 Å². The second-order valence-corrected chi connectivity index (χ2v) is 5.95. The topological polar surface area (TPSA) is 28.7 Å². The second-order valence-electron chi connectivity index (χ2n) is 4.34. The molecule has 1 N–H and O–H groups in total. The van der Waals surface area contributed by atoms with Crippen molar-refractivity contribution in [1.82, 2.24) is 9.97 Å². The predicted octanol–water partition coefficient (Wildman–Crippen LogP) is 5.10. The Labute approximate surface area is 131 Å². The zero-order valence-electron chi connectivity index (χ0n) is 10.5. The third-order valence-electron chi connectivity index (χ3n) is 2.74. The molecule has 0 unspecified atom stereocenters. The van der Waals surface area contributed by atoms with Gasteiger partial charge in [0.1, 0.15) is 10.5 Å². The van der Waals surface area contributed by atoms with Crippen molar-refractivity contribution in [2.45, 2.75) is 26.2 Å². The third kappa shape index (κ3) is 3.88. The smallest absolute Gasteiger partial charge is 0.144 e. The summed E-state index contributed by atoms with van der Waals surface area (Å²) in [6.07, 6.45) is 2.72. The van der Waals surface area contributed by atoms with E-state index in [4.69, 9.17) is 23.8 Å². The lowest BCUT2D eigenvalue weighted by Gasteiger charge is -2.08. The summed E-state index contributed by atoms with van der Waals surface area (Å²) < 4.78 is 1.51. The van der Waals surface area contributed by atoms with Crippen LogP contribution in [0.15, 0.2) is 28.7 Å². The van der Waals surface area contributed by atoms with E-state index in [2.05, 4.69) is 32.8 Å². The summed E-state index contributed by atoms with van der Waals surface area (Å²) in [5, 5.41) is 0.738. The molecule has 19 heavy (non-hydrogen) atoms. The Morgan fingerprint density at radius 1 is 1.42 bits per heavy atom. The number of benzene rings is 1. The highest BCUT2D eigenvalue weighted by molar-refractivity contribution is 9.10. The molecule has 0 bridgehead atoms. The Hall–Kier alpha value is -0.710. The monoisotopic (exact) mass is 356 g/mol. The van der Waals surface area contributed by atoms with E-state index in [1.807, 2.05) is 24.3 Å². The van der Waals surface area contributed by atoms with Crippen LogP contribution in [0.5, 0.6) is 0 Å². The number of nitrogens with one attached hydrogen (secondary N) is 1. The molecule has 1 aromatic carbocycles. The Bertz CT molecular complexity index is 640. The van der Waals surface area contributed by atoms with E-state index >= 15 is 0 Å². The Morgan fingerprint density at radius 3 is 2.89 bits per heavy atom. The van der Waals surface area contributed by atoms with Gasteiger partial charge in [0, 0.05) is 17.1 Å². The predicted molar refractivity (Wildman–Crippen MR) is 85.4 cm³/mol. The van der Waals surface area contributed by atoms with Crippen LogP contribution in [0.2, 0.25) is 5.02 Å². The maximum Gasteiger partial charge on any atom is 0.144 e. The number of H-pyrrole nitrogens is 1. The summed E-state index contributed by atoms with van der Waals surface area (Å²) in [7, 11) is 0. The van der Waals surface area contributed by atoms with Crippen molar-refractivity contribution in [2.24, 2.45) is 0 Å². The molecule has 5 heteroatoms. The number of nitrogens with zero attached hydrogens (tertiary/aromatic N) is 1. The van der Waals surface area contributed by atoms with Crippen LogP contribution in [-0.2, 0) is 12.8 Å². The number of aryl methyl sites for hydroxylation is 1. The first-order chi connectivity index (χ1) is 9.10. The van der Waals surface area contributed by atoms with Gasteiger partial charge in [-0.25, -0.2) is 4.98 Å². The van der Waals surface area contributed by atoms with Gasteiger partial charge in [-0.1, -0.05) is 49.3 Å². The summed E-state index contributed by atoms with van der Waals surface area (Å²) in [5.74, 6) is 0.874. The summed E-state index contributed by atoms with van der Waals surface area (Å²) in [4.78, 5) is 7.76. The fourth-order valence-electron chi connectivity index (χ4n) is 1.90. The van der Waals surface area contributed by atoms with Gasteiger partial charge in [0.25, 0.3) is 0 Å². The maximum absolute atomic E-state index is 5.99. The average Bonchev–Trinajstić information content (AvgIpc) is 2.35. The number of hydrogen-bond donors (Lipinski definition) is 1. The molecule has 0 saturated carbocycles. The molecular weight excluding hydrogens is 344 g/mol. The van der Waals surface area contributed by atoms with E-state index in [9.17, 15) is 0 Å². The van der Waals surface area contributed by atoms with Gasteiger partial charge >= 0.3 is 0 Å². The largest absolute Gasteiger partial charge is 0.346 e. The van der Waals surface area contributed by atoms with Crippen LogP contribution in [0.1, 0.15) is 30.4 Å². The first kappa shape index (κ1) is 14.7. The molecule has 0 saturated heterocycles. The van der Waals surface area contributed by atoms with E-state index < -0.39 is 0 Å². The van der Waals surface area contributed by atoms with Crippen LogP contribution < -0.4 is 0 Å². The normalized spacial score (nSPS) is 10.7. The second kappa shape index (κ2) is 6.64. The summed E-state index contributed by atoms with van der Waals surface area (Å²) in [6.45, 7) is 2.14. The number of hydrogen-bond acceptors (Lipinski definition) is 2. The molecule has 100 valence electrons. The quantitative estimate of drug-likeness (QED) is 0.771. The molecule has 1 aromatic heterocycles. The Kier molecular flexibility index (Phi) is 5.13. The Balaban J connectivity index is 2.33. The minimum Gasteiger partial charge on any atom is -0.346 e. The van der Waals surface area contributed by atoms with Gasteiger partial charge in [-0.3, -0.25) is 0 Å². The lowest BCUT2D eigenvalue weighted by molar-refractivity contribution is 0.830. The first-order valence-corrected chi connectivity index (χ1v) is 7.70. The highest BCUT2D eigenvalue weighted by Crippen LogP contribution is 2.19. The minimum atomic E-state index is 0.610. The number of aromatic amines is 1. The van der Waals surface area contributed by atoms with E-state index in [1.54, 1.807) is 0 Å². The molecule has 0 amide bonds. The lowest BCUT2D eigenvalue weighted by atomic mass is 10.1. The zero-order chi connectivity index (χ0) is 13.8. The molecule has 0 aliphatic heterocycles. The number of halogens is 2. The van der Waals surface area contributed by atoms with Crippen molar-refractivity contribution in [3.8, 4) is 0 Å². The average molecular weight is 358 g/mol. The minimum absolute atomic E-state index is 0.610. The van der Waals surface area contributed by atoms with Gasteiger partial charge in [0.2, 0.25) is 0 Å². The fraction of sp³-hybridized carbons (Fsp3) is 0.286. The van der Waals surface area contributed by atoms with Crippen molar-refractivity contribution >= 4 is 39.7 Å². The van der Waals surface area contributed by atoms with Crippen LogP contribution in [0.4, 0.5) is 0 Å². The summed E-state index contributed by atoms with van der Waals surface area (Å²) >= 11 is 14.8. The molecule has 0 fully saturated rings. The molecule has 0 atom stereocenters. The van der Waals surface area contributed by atoms with E-state index in [-0.39, 0.29) is 0 Å². The summed E-state index contributed by atoms with van der Waals surface area (Å²) in [5.41, 5.74) is 2.23. The molecular formula is C14H14BrClN2S. The zero-order valence-corrected chi connectivity index (χ0v) is 13.7. The molecule has 2 aromatic rings. The lowest BCUT2D eigenvalue weighted by Crippen LogP contribution is -2.02. The molecule has 0 spiro atoms. The summed E-state index contributed by atoms with van der Waals surface area (Å²) in [6, 6.07) is 7.79. The Morgan fingerprint density at radius 2 is 2.21 bits per heavy atom. The van der Waals surface area contributed by atoms with Crippen molar-refractivity contribution in [3.05, 3.63) is 55.5 Å². The standard InChI is InChI=1S/C14H14BrClN2S/c1-2-4-11-13(15)14(19)18-12(17-11)8-9-5-3-6-10(16)7-9/h3,5-7H,2,4,8H2,1H3,(H,17,18,19). The van der Waals surface area contributed by atoms with Crippen LogP contribution in [-0.4, -0.2) is 9.97 Å². The van der Waals surface area contributed by atoms with Crippen molar-refractivity contribution in [3.63, 3.8) is 0 Å². The van der Waals surface area contributed by atoms with E-state index in [0.29, 0.717) is 11.1 Å². The van der Waals surface area contributed by atoms with Crippen LogP contribution >= 0.6 is 39.7 Å². The van der Waals surface area contributed by atoms with Crippen LogP contribution in [0, 0.1) is 4.64 Å². The van der Waals surface area contributed by atoms with Crippen LogP contribution in [0.25, 0.3) is 0 Å². The molecule has 0 aliphatic rings. The molecule has 0 radical (unpaired) electrons. The third-order valence-corrected chi connectivity index (χ3v) is 4.39. The van der Waals surface area contributed by atoms with E-state index in [0.717, 1.165) is 39.4 Å². The maximum atomic E-state index is 5.99. The number of aromatic nitrogens is 2. The van der Waals surface area contributed by atoms with Gasteiger partial charge < -0.3 is 4.98 Å². The van der Waals surface area contributed by atoms with E-state index in [1.165, 1.54) is 0 Å². The van der Waals surface area contributed by atoms with Gasteiger partial charge in [-0.05, 0) is 40.0 Å². The molecule has 1 heterocycles. The highest BCUT2D eigenvalue weighted by Gasteiger charge is 2.06. The van der Waals surface area contributed by atoms with Gasteiger partial charge in [-0.2, -0.15) is 0 Å². The molecule has 2 rings (SSSR count). The van der Waals surface area contributed by atoms with Gasteiger partial charge in [-0.15, -0.1) is 0 Å². The molecule has 2 nitrogen and oxygen atoms in total. The van der Waals surface area contributed by atoms with Gasteiger partial charge in [0.15, 0.2) is 0 Å². The molecule has 0 aliphatic carbocycles. The van der Waals surface area contributed by atoms with Gasteiger partial charge in [0.05, 0.1) is 4.47 Å². The highest BCUT2D eigenvalue weighted by atomic mass is 79.9.